The van der Waals surface area contributed by atoms with Gasteiger partial charge in [0.15, 0.2) is 0 Å². The van der Waals surface area contributed by atoms with Gasteiger partial charge in [0, 0.05) is 40.6 Å². The summed E-state index contributed by atoms with van der Waals surface area (Å²) in [5, 5.41) is 8.91. The van der Waals surface area contributed by atoms with E-state index in [1.807, 2.05) is 61.7 Å². The Morgan fingerprint density at radius 2 is 1.64 bits per heavy atom. The summed E-state index contributed by atoms with van der Waals surface area (Å²) in [7, 11) is -1.78. The van der Waals surface area contributed by atoms with E-state index in [0.29, 0.717) is 0 Å². The fourth-order valence-corrected chi connectivity index (χ4v) is 5.61. The second-order valence-corrected chi connectivity index (χ2v) is 12.5. The SMILES string of the molecule is C=C(/C=C/C=C/C=C1/N(C)c2ccc(S(N)(=O)=O)cc2C1(C)C)C(C)(C)c1ccccc1Nc1ccccc1. The lowest BCUT2D eigenvalue weighted by Crippen LogP contribution is -2.22. The number of allylic oxidation sites excluding steroid dienone is 7. The second-order valence-electron chi connectivity index (χ2n) is 10.9. The van der Waals surface area contributed by atoms with Crippen LogP contribution in [0.2, 0.25) is 0 Å². The number of likely N-dealkylation sites (N-methyl/N-ethyl adjacent to an activating group) is 1. The molecule has 1 heterocycles. The molecular weight excluding hydrogens is 502 g/mol. The third-order valence-corrected chi connectivity index (χ3v) is 8.47. The molecular formula is C33H37N3O2S. The number of sulfonamides is 1. The largest absolute Gasteiger partial charge is 0.355 e. The molecule has 0 saturated carbocycles. The molecule has 3 N–H and O–H groups in total. The molecule has 3 aromatic rings. The van der Waals surface area contributed by atoms with Crippen LogP contribution in [0.5, 0.6) is 0 Å². The van der Waals surface area contributed by atoms with Gasteiger partial charge in [-0.05, 0) is 59.2 Å². The Hall–Kier alpha value is -3.87. The van der Waals surface area contributed by atoms with Crippen LogP contribution < -0.4 is 15.4 Å². The van der Waals surface area contributed by atoms with Crippen LogP contribution in [-0.4, -0.2) is 15.5 Å². The molecule has 0 fully saturated rings. The van der Waals surface area contributed by atoms with Gasteiger partial charge in [0.1, 0.15) is 0 Å². The van der Waals surface area contributed by atoms with E-state index in [1.165, 1.54) is 5.56 Å². The average molecular weight is 540 g/mol. The van der Waals surface area contributed by atoms with Crippen molar-refractivity contribution < 1.29 is 8.42 Å². The predicted octanol–water partition coefficient (Wildman–Crippen LogP) is 7.34. The molecule has 1 aliphatic heterocycles. The Morgan fingerprint density at radius 1 is 0.974 bits per heavy atom. The summed E-state index contributed by atoms with van der Waals surface area (Å²) >= 11 is 0. The molecule has 0 aliphatic carbocycles. The van der Waals surface area contributed by atoms with E-state index in [0.717, 1.165) is 33.9 Å². The van der Waals surface area contributed by atoms with Gasteiger partial charge in [-0.3, -0.25) is 0 Å². The first-order valence-corrected chi connectivity index (χ1v) is 14.5. The highest BCUT2D eigenvalue weighted by atomic mass is 32.2. The number of hydrogen-bond acceptors (Lipinski definition) is 4. The number of hydrogen-bond donors (Lipinski definition) is 2. The summed E-state index contributed by atoms with van der Waals surface area (Å²) in [5.74, 6) is 0. The number of fused-ring (bicyclic) bond motifs is 1. The maximum atomic E-state index is 11.9. The maximum absolute atomic E-state index is 11.9. The summed E-state index contributed by atoms with van der Waals surface area (Å²) in [6.45, 7) is 12.9. The van der Waals surface area contributed by atoms with E-state index in [9.17, 15) is 8.42 Å². The van der Waals surface area contributed by atoms with Gasteiger partial charge in [0.25, 0.3) is 0 Å². The maximum Gasteiger partial charge on any atom is 0.238 e. The van der Waals surface area contributed by atoms with Crippen LogP contribution in [0.1, 0.15) is 38.8 Å². The highest BCUT2D eigenvalue weighted by Crippen LogP contribution is 2.47. The van der Waals surface area contributed by atoms with Crippen LogP contribution in [-0.2, 0) is 20.9 Å². The lowest BCUT2D eigenvalue weighted by atomic mass is 9.77. The van der Waals surface area contributed by atoms with E-state index >= 15 is 0 Å². The third-order valence-electron chi connectivity index (χ3n) is 7.56. The zero-order valence-electron chi connectivity index (χ0n) is 23.3. The minimum atomic E-state index is -3.77. The van der Waals surface area contributed by atoms with Gasteiger partial charge in [-0.1, -0.05) is 95.0 Å². The third kappa shape index (κ3) is 5.77. The van der Waals surface area contributed by atoms with E-state index in [2.05, 4.69) is 80.9 Å². The number of nitrogens with two attached hydrogens (primary N) is 1. The van der Waals surface area contributed by atoms with Gasteiger partial charge in [-0.15, -0.1) is 0 Å². The molecule has 1 aliphatic rings. The first-order chi connectivity index (χ1) is 18.3. The van der Waals surface area contributed by atoms with Crippen molar-refractivity contribution in [1.82, 2.24) is 0 Å². The van der Waals surface area contributed by atoms with E-state index in [4.69, 9.17) is 5.14 Å². The van der Waals surface area contributed by atoms with Crippen LogP contribution in [0.15, 0.2) is 126 Å². The monoisotopic (exact) mass is 539 g/mol. The minimum absolute atomic E-state index is 0.129. The fraction of sp³-hybridized carbons (Fsp3) is 0.212. The lowest BCUT2D eigenvalue weighted by Gasteiger charge is -2.29. The molecule has 0 spiro atoms. The number of nitrogens with zero attached hydrogens (tertiary/aromatic N) is 1. The van der Waals surface area contributed by atoms with E-state index in [1.54, 1.807) is 12.1 Å². The van der Waals surface area contributed by atoms with Crippen LogP contribution in [0.25, 0.3) is 0 Å². The highest BCUT2D eigenvalue weighted by molar-refractivity contribution is 7.89. The highest BCUT2D eigenvalue weighted by Gasteiger charge is 2.38. The lowest BCUT2D eigenvalue weighted by molar-refractivity contribution is 0.596. The molecule has 4 rings (SSSR count). The Kier molecular flexibility index (Phi) is 7.73. The van der Waals surface area contributed by atoms with Crippen molar-refractivity contribution >= 4 is 27.1 Å². The smallest absolute Gasteiger partial charge is 0.238 e. The first kappa shape index (κ1) is 28.1. The number of nitrogens with one attached hydrogen (secondary N) is 1. The number of benzene rings is 3. The molecule has 202 valence electrons. The quantitative estimate of drug-likeness (QED) is 0.294. The molecule has 3 aromatic carbocycles. The van der Waals surface area contributed by atoms with Crippen molar-refractivity contribution in [3.8, 4) is 0 Å². The average Bonchev–Trinajstić information content (AvgIpc) is 3.08. The van der Waals surface area contributed by atoms with Crippen LogP contribution in [0.3, 0.4) is 0 Å². The Bertz CT molecular complexity index is 1580. The first-order valence-electron chi connectivity index (χ1n) is 12.9. The standard InChI is InChI=1S/C33H37N3O2S/c1-24(32(2,3)27-18-13-14-19-29(27)35-25-16-10-8-11-17-25)15-9-7-12-20-31-33(4,5)28-23-26(39(34,37)38)21-22-30(28)36(31)6/h7-23,35H,1H2,2-6H3,(H2,34,37,38)/b12-7+,15-9+,31-20+. The topological polar surface area (TPSA) is 75.4 Å². The second kappa shape index (κ2) is 10.7. The van der Waals surface area contributed by atoms with Gasteiger partial charge in [0.05, 0.1) is 4.90 Å². The summed E-state index contributed by atoms with van der Waals surface area (Å²) in [6.07, 6.45) is 10.1. The van der Waals surface area contributed by atoms with Crippen LogP contribution in [0, 0.1) is 0 Å². The van der Waals surface area contributed by atoms with Gasteiger partial charge < -0.3 is 10.2 Å². The van der Waals surface area contributed by atoms with Crippen molar-refractivity contribution in [2.24, 2.45) is 5.14 Å². The normalized spacial score (nSPS) is 16.3. The molecule has 0 radical (unpaired) electrons. The van der Waals surface area contributed by atoms with Gasteiger partial charge in [-0.2, -0.15) is 0 Å². The number of anilines is 3. The number of rotatable bonds is 8. The Morgan fingerprint density at radius 3 is 2.33 bits per heavy atom. The number of para-hydroxylation sites is 2. The van der Waals surface area contributed by atoms with E-state index in [-0.39, 0.29) is 15.7 Å². The van der Waals surface area contributed by atoms with Gasteiger partial charge in [-0.25, -0.2) is 13.6 Å². The Balaban J connectivity index is 1.51. The van der Waals surface area contributed by atoms with E-state index < -0.39 is 10.0 Å². The molecule has 6 heteroatoms. The van der Waals surface area contributed by atoms with Crippen LogP contribution in [0.4, 0.5) is 17.1 Å². The van der Waals surface area contributed by atoms with Crippen molar-refractivity contribution in [1.29, 1.82) is 0 Å². The molecule has 5 nitrogen and oxygen atoms in total. The van der Waals surface area contributed by atoms with Crippen LogP contribution >= 0.6 is 0 Å². The van der Waals surface area contributed by atoms with Crippen molar-refractivity contribution in [3.05, 3.63) is 132 Å². The summed E-state index contributed by atoms with van der Waals surface area (Å²) in [6, 6.07) is 23.5. The van der Waals surface area contributed by atoms with Crippen molar-refractivity contribution in [2.75, 3.05) is 17.3 Å². The molecule has 0 aromatic heterocycles. The molecule has 39 heavy (non-hydrogen) atoms. The van der Waals surface area contributed by atoms with Gasteiger partial charge in [0.2, 0.25) is 10.0 Å². The molecule has 0 bridgehead atoms. The summed E-state index contributed by atoms with van der Waals surface area (Å²) in [4.78, 5) is 2.22. The zero-order valence-corrected chi connectivity index (χ0v) is 24.1. The molecule has 0 amide bonds. The zero-order chi connectivity index (χ0) is 28.4. The minimum Gasteiger partial charge on any atom is -0.355 e. The molecule has 0 saturated heterocycles. The fourth-order valence-electron chi connectivity index (χ4n) is 5.07. The van der Waals surface area contributed by atoms with Gasteiger partial charge >= 0.3 is 0 Å². The predicted molar refractivity (Wildman–Crippen MR) is 164 cm³/mol. The molecule has 0 unspecified atom stereocenters. The Labute approximate surface area is 233 Å². The van der Waals surface area contributed by atoms with Crippen molar-refractivity contribution in [2.45, 2.75) is 43.4 Å². The molecule has 0 atom stereocenters. The van der Waals surface area contributed by atoms with Crippen molar-refractivity contribution in [3.63, 3.8) is 0 Å². The summed E-state index contributed by atoms with van der Waals surface area (Å²) in [5.41, 5.74) is 6.56. The number of primary sulfonamides is 1. The summed E-state index contributed by atoms with van der Waals surface area (Å²) < 4.78 is 23.8.